The molecule has 134 valence electrons. The van der Waals surface area contributed by atoms with Crippen LogP contribution < -0.4 is 10.1 Å². The molecule has 0 aliphatic heterocycles. The number of rotatable bonds is 4. The number of nitrogens with one attached hydrogen (secondary N) is 1. The van der Waals surface area contributed by atoms with Gasteiger partial charge in [0.05, 0.1) is 0 Å². The molecule has 1 amide bonds. The number of hydrogen-bond acceptors (Lipinski definition) is 2. The predicted molar refractivity (Wildman–Crippen MR) is 85.5 cm³/mol. The average Bonchev–Trinajstić information content (AvgIpc) is 2.52. The maximum Gasteiger partial charge on any atom is 0.262 e. The molecule has 7 heteroatoms. The van der Waals surface area contributed by atoms with Gasteiger partial charge in [-0.15, -0.1) is 0 Å². The molecule has 0 aromatic heterocycles. The molecule has 1 N–H and O–H groups in total. The summed E-state index contributed by atoms with van der Waals surface area (Å²) in [6, 6.07) is 7.06. The summed E-state index contributed by atoms with van der Waals surface area (Å²) in [6.45, 7) is 5.30. The Morgan fingerprint density at radius 3 is 2.00 bits per heavy atom. The van der Waals surface area contributed by atoms with Gasteiger partial charge in [0.25, 0.3) is 5.91 Å². The second kappa shape index (κ2) is 7.13. The third kappa shape index (κ3) is 4.49. The van der Waals surface area contributed by atoms with Crippen molar-refractivity contribution in [1.82, 2.24) is 0 Å². The quantitative estimate of drug-likeness (QED) is 0.645. The molecule has 0 bridgehead atoms. The van der Waals surface area contributed by atoms with Crippen LogP contribution in [0.15, 0.2) is 30.3 Å². The van der Waals surface area contributed by atoms with E-state index in [-0.39, 0.29) is 11.5 Å². The SMILES string of the molecule is CC(C)(C)c1ccc(NC(=O)COc2c(F)c(F)cc(F)c2F)cc1. The summed E-state index contributed by atoms with van der Waals surface area (Å²) in [5, 5.41) is 2.46. The van der Waals surface area contributed by atoms with Crippen LogP contribution in [0.1, 0.15) is 26.3 Å². The summed E-state index contributed by atoms with van der Waals surface area (Å²) < 4.78 is 57.6. The number of carbonyl (C=O) groups is 1. The first kappa shape index (κ1) is 18.8. The van der Waals surface area contributed by atoms with E-state index in [0.29, 0.717) is 5.69 Å². The number of carbonyl (C=O) groups excluding carboxylic acids is 1. The lowest BCUT2D eigenvalue weighted by Crippen LogP contribution is -2.21. The van der Waals surface area contributed by atoms with Crippen molar-refractivity contribution in [2.75, 3.05) is 11.9 Å². The highest BCUT2D eigenvalue weighted by atomic mass is 19.2. The molecule has 2 aromatic rings. The van der Waals surface area contributed by atoms with Gasteiger partial charge < -0.3 is 10.1 Å². The predicted octanol–water partition coefficient (Wildman–Crippen LogP) is 4.56. The Morgan fingerprint density at radius 2 is 1.52 bits per heavy atom. The Balaban J connectivity index is 2.02. The van der Waals surface area contributed by atoms with Crippen LogP contribution in [0, 0.1) is 23.3 Å². The van der Waals surface area contributed by atoms with Crippen molar-refractivity contribution in [2.45, 2.75) is 26.2 Å². The largest absolute Gasteiger partial charge is 0.477 e. The molecule has 0 heterocycles. The van der Waals surface area contributed by atoms with E-state index in [1.807, 2.05) is 32.9 Å². The standard InChI is InChI=1S/C18H17F4NO2/c1-18(2,3)10-4-6-11(7-5-10)23-14(24)9-25-17-15(21)12(19)8-13(20)16(17)22/h4-8H,9H2,1-3H3,(H,23,24). The maximum absolute atomic E-state index is 13.4. The van der Waals surface area contributed by atoms with Crippen LogP contribution in [-0.4, -0.2) is 12.5 Å². The van der Waals surface area contributed by atoms with Crippen molar-refractivity contribution in [1.29, 1.82) is 0 Å². The molecule has 25 heavy (non-hydrogen) atoms. The maximum atomic E-state index is 13.4. The molecule has 0 unspecified atom stereocenters. The van der Waals surface area contributed by atoms with Crippen molar-refractivity contribution in [3.63, 3.8) is 0 Å². The molecule has 0 aliphatic rings. The topological polar surface area (TPSA) is 38.3 Å². The number of benzene rings is 2. The fraction of sp³-hybridized carbons (Fsp3) is 0.278. The monoisotopic (exact) mass is 355 g/mol. The Kier molecular flexibility index (Phi) is 5.35. The third-order valence-electron chi connectivity index (χ3n) is 3.45. The molecular weight excluding hydrogens is 338 g/mol. The van der Waals surface area contributed by atoms with Gasteiger partial charge in [0.15, 0.2) is 24.0 Å². The molecular formula is C18H17F4NO2. The zero-order chi connectivity index (χ0) is 18.8. The lowest BCUT2D eigenvalue weighted by molar-refractivity contribution is -0.118. The minimum absolute atomic E-state index is 0.0534. The van der Waals surface area contributed by atoms with E-state index in [1.165, 1.54) is 0 Å². The number of halogens is 4. The lowest BCUT2D eigenvalue weighted by atomic mass is 9.87. The zero-order valence-corrected chi connectivity index (χ0v) is 13.9. The summed E-state index contributed by atoms with van der Waals surface area (Å²) in [5.41, 5.74) is 1.46. The molecule has 0 saturated heterocycles. The first-order chi connectivity index (χ1) is 11.6. The summed E-state index contributed by atoms with van der Waals surface area (Å²) in [7, 11) is 0. The van der Waals surface area contributed by atoms with E-state index < -0.39 is 41.5 Å². The highest BCUT2D eigenvalue weighted by Gasteiger charge is 2.21. The van der Waals surface area contributed by atoms with Crippen LogP contribution in [0.5, 0.6) is 5.75 Å². The first-order valence-corrected chi connectivity index (χ1v) is 7.46. The van der Waals surface area contributed by atoms with Crippen molar-refractivity contribution >= 4 is 11.6 Å². The lowest BCUT2D eigenvalue weighted by Gasteiger charge is -2.19. The third-order valence-corrected chi connectivity index (χ3v) is 3.45. The van der Waals surface area contributed by atoms with Gasteiger partial charge in [-0.2, -0.15) is 8.78 Å². The molecule has 0 atom stereocenters. The van der Waals surface area contributed by atoms with Gasteiger partial charge in [-0.3, -0.25) is 4.79 Å². The molecule has 3 nitrogen and oxygen atoms in total. The van der Waals surface area contributed by atoms with Gasteiger partial charge >= 0.3 is 0 Å². The second-order valence-electron chi connectivity index (χ2n) is 6.46. The van der Waals surface area contributed by atoms with Crippen molar-refractivity contribution < 1.29 is 27.1 Å². The number of amides is 1. The molecule has 2 aromatic carbocycles. The summed E-state index contributed by atoms with van der Waals surface area (Å²) in [5.74, 6) is -8.59. The number of ether oxygens (including phenoxy) is 1. The molecule has 0 aliphatic carbocycles. The van der Waals surface area contributed by atoms with Crippen LogP contribution in [0.25, 0.3) is 0 Å². The normalized spacial score (nSPS) is 11.3. The van der Waals surface area contributed by atoms with Crippen molar-refractivity contribution in [2.24, 2.45) is 0 Å². The zero-order valence-electron chi connectivity index (χ0n) is 13.9. The van der Waals surface area contributed by atoms with Gasteiger partial charge in [0.1, 0.15) is 0 Å². The second-order valence-corrected chi connectivity index (χ2v) is 6.46. The van der Waals surface area contributed by atoms with Crippen molar-refractivity contribution in [3.8, 4) is 5.75 Å². The Labute approximate surface area is 142 Å². The Hall–Kier alpha value is -2.57. The minimum atomic E-state index is -1.69. The van der Waals surface area contributed by atoms with Crippen LogP contribution in [0.3, 0.4) is 0 Å². The van der Waals surface area contributed by atoms with E-state index in [2.05, 4.69) is 10.1 Å². The van der Waals surface area contributed by atoms with E-state index in [0.717, 1.165) is 5.56 Å². The average molecular weight is 355 g/mol. The molecule has 2 rings (SSSR count). The number of hydrogen-bond donors (Lipinski definition) is 1. The fourth-order valence-corrected chi connectivity index (χ4v) is 2.07. The number of anilines is 1. The van der Waals surface area contributed by atoms with Crippen LogP contribution in [-0.2, 0) is 10.2 Å². The van der Waals surface area contributed by atoms with E-state index in [9.17, 15) is 22.4 Å². The van der Waals surface area contributed by atoms with Crippen LogP contribution in [0.2, 0.25) is 0 Å². The molecule has 0 radical (unpaired) electrons. The van der Waals surface area contributed by atoms with Gasteiger partial charge in [-0.25, -0.2) is 8.78 Å². The highest BCUT2D eigenvalue weighted by Crippen LogP contribution is 2.26. The van der Waals surface area contributed by atoms with Gasteiger partial charge in [0.2, 0.25) is 11.6 Å². The van der Waals surface area contributed by atoms with E-state index in [1.54, 1.807) is 12.1 Å². The van der Waals surface area contributed by atoms with Crippen LogP contribution >= 0.6 is 0 Å². The smallest absolute Gasteiger partial charge is 0.262 e. The Morgan fingerprint density at radius 1 is 1.00 bits per heavy atom. The summed E-state index contributed by atoms with van der Waals surface area (Å²) in [4.78, 5) is 11.8. The van der Waals surface area contributed by atoms with Crippen LogP contribution in [0.4, 0.5) is 23.2 Å². The molecule has 0 saturated carbocycles. The molecule has 0 spiro atoms. The van der Waals surface area contributed by atoms with Crippen molar-refractivity contribution in [3.05, 3.63) is 59.2 Å². The van der Waals surface area contributed by atoms with Gasteiger partial charge in [-0.1, -0.05) is 32.9 Å². The summed E-state index contributed by atoms with van der Waals surface area (Å²) >= 11 is 0. The summed E-state index contributed by atoms with van der Waals surface area (Å²) in [6.07, 6.45) is 0. The Bertz CT molecular complexity index is 757. The molecule has 0 fully saturated rings. The minimum Gasteiger partial charge on any atom is -0.477 e. The highest BCUT2D eigenvalue weighted by molar-refractivity contribution is 5.91. The fourth-order valence-electron chi connectivity index (χ4n) is 2.07. The van der Waals surface area contributed by atoms with Gasteiger partial charge in [-0.05, 0) is 23.1 Å². The van der Waals surface area contributed by atoms with E-state index in [4.69, 9.17) is 0 Å². The van der Waals surface area contributed by atoms with Gasteiger partial charge in [0, 0.05) is 11.8 Å². The van der Waals surface area contributed by atoms with E-state index >= 15 is 0 Å². The first-order valence-electron chi connectivity index (χ1n) is 7.46.